The minimum absolute atomic E-state index is 0.331. The number of nitrogens with zero attached hydrogens (tertiary/aromatic N) is 1. The second-order valence-corrected chi connectivity index (χ2v) is 1.98. The summed E-state index contributed by atoms with van der Waals surface area (Å²) < 4.78 is 0. The fourth-order valence-electron chi connectivity index (χ4n) is 0.258. The maximum atomic E-state index is 8.24. The normalized spacial score (nSPS) is 8.00. The quantitative estimate of drug-likeness (QED) is 0.456. The van der Waals surface area contributed by atoms with Gasteiger partial charge < -0.3 is 15.2 Å². The molecule has 0 aliphatic carbocycles. The van der Waals surface area contributed by atoms with Gasteiger partial charge in [-0.25, -0.2) is 0 Å². The molecule has 0 amide bonds. The van der Waals surface area contributed by atoms with E-state index >= 15 is 0 Å². The van der Waals surface area contributed by atoms with E-state index in [-0.39, 0.29) is 0 Å². The van der Waals surface area contributed by atoms with E-state index in [0.717, 1.165) is 11.8 Å². The Morgan fingerprint density at radius 2 is 2.00 bits per heavy atom. The molecule has 0 aromatic heterocycles. The molecule has 9 heavy (non-hydrogen) atoms. The lowest BCUT2D eigenvalue weighted by Gasteiger charge is -1.95. The zero-order valence-corrected chi connectivity index (χ0v) is 5.70. The number of hydrogen-bond donors (Lipinski definition) is 1. The first-order valence-electron chi connectivity index (χ1n) is 2.74. The molecule has 0 unspecified atom stereocenters. The van der Waals surface area contributed by atoms with Crippen molar-refractivity contribution < 1.29 is 5.11 Å². The second kappa shape index (κ2) is 10.4. The van der Waals surface area contributed by atoms with E-state index < -0.39 is 0 Å². The Balaban J connectivity index is 0. The average Bonchev–Trinajstić information content (AvgIpc) is 1.67. The van der Waals surface area contributed by atoms with Gasteiger partial charge in [0.1, 0.15) is 0 Å². The molecular formula is C5H12NO3-. The molecule has 0 aliphatic heterocycles. The van der Waals surface area contributed by atoms with E-state index in [0.29, 0.717) is 12.5 Å². The van der Waals surface area contributed by atoms with E-state index in [1.807, 2.05) is 0 Å². The third-order valence-corrected chi connectivity index (χ3v) is 0.706. The van der Waals surface area contributed by atoms with Crippen LogP contribution >= 0.6 is 0 Å². The van der Waals surface area contributed by atoms with Crippen LogP contribution in [0.2, 0.25) is 0 Å². The van der Waals surface area contributed by atoms with Crippen molar-refractivity contribution in [2.75, 3.05) is 6.61 Å². The van der Waals surface area contributed by atoms with Crippen LogP contribution in [0.25, 0.3) is 0 Å². The molecule has 0 aliphatic rings. The molecule has 0 bridgehead atoms. The fourth-order valence-corrected chi connectivity index (χ4v) is 0.258. The third-order valence-electron chi connectivity index (χ3n) is 0.706. The van der Waals surface area contributed by atoms with Gasteiger partial charge in [-0.2, -0.15) is 0 Å². The monoisotopic (exact) mass is 134 g/mol. The Bertz CT molecular complexity index is 56.2. The molecule has 0 aromatic rings. The van der Waals surface area contributed by atoms with E-state index in [2.05, 4.69) is 13.8 Å². The van der Waals surface area contributed by atoms with Gasteiger partial charge in [-0.05, 0) is 12.3 Å². The molecule has 0 fully saturated rings. The Labute approximate surface area is 54.4 Å². The SMILES string of the molecule is CC(C)CCO.O=N[O-]. The molecule has 0 radical (unpaired) electrons. The molecule has 0 heterocycles. The number of aliphatic hydroxyl groups is 1. The van der Waals surface area contributed by atoms with Crippen molar-refractivity contribution in [3.8, 4) is 0 Å². The zero-order valence-electron chi connectivity index (χ0n) is 5.70. The summed E-state index contributed by atoms with van der Waals surface area (Å²) in [7, 11) is 0. The van der Waals surface area contributed by atoms with Crippen LogP contribution in [0.15, 0.2) is 5.34 Å². The van der Waals surface area contributed by atoms with Crippen molar-refractivity contribution in [1.82, 2.24) is 0 Å². The maximum Gasteiger partial charge on any atom is 0.0433 e. The Morgan fingerprint density at radius 3 is 2.00 bits per heavy atom. The number of hydrogen-bond acceptors (Lipinski definition) is 4. The van der Waals surface area contributed by atoms with E-state index in [9.17, 15) is 0 Å². The van der Waals surface area contributed by atoms with Crippen molar-refractivity contribution in [2.45, 2.75) is 20.3 Å². The third kappa shape index (κ3) is 38.0. The molecule has 4 heteroatoms. The van der Waals surface area contributed by atoms with Crippen molar-refractivity contribution in [3.63, 3.8) is 0 Å². The molecule has 0 spiro atoms. The molecule has 0 saturated carbocycles. The van der Waals surface area contributed by atoms with Crippen molar-refractivity contribution in [2.24, 2.45) is 11.3 Å². The average molecular weight is 134 g/mol. The van der Waals surface area contributed by atoms with Gasteiger partial charge in [-0.1, -0.05) is 13.8 Å². The molecule has 0 saturated heterocycles. The summed E-state index contributed by atoms with van der Waals surface area (Å²) in [5, 5.41) is 17.2. The van der Waals surface area contributed by atoms with Crippen LogP contribution in [0.5, 0.6) is 0 Å². The summed E-state index contributed by atoms with van der Waals surface area (Å²) in [6, 6.07) is 0. The molecule has 0 atom stereocenters. The first kappa shape index (κ1) is 11.2. The fraction of sp³-hybridized carbons (Fsp3) is 1.00. The smallest absolute Gasteiger partial charge is 0.0433 e. The molecule has 0 rings (SSSR count). The van der Waals surface area contributed by atoms with Gasteiger partial charge in [-0.3, -0.25) is 0 Å². The van der Waals surface area contributed by atoms with Gasteiger partial charge in [-0.15, -0.1) is 5.34 Å². The van der Waals surface area contributed by atoms with Gasteiger partial charge in [0, 0.05) is 6.61 Å². The van der Waals surface area contributed by atoms with Crippen LogP contribution < -0.4 is 0 Å². The summed E-state index contributed by atoms with van der Waals surface area (Å²) in [4.78, 5) is 8.00. The van der Waals surface area contributed by atoms with Gasteiger partial charge >= 0.3 is 0 Å². The predicted octanol–water partition coefficient (Wildman–Crippen LogP) is 1.28. The molecule has 56 valence electrons. The summed E-state index contributed by atoms with van der Waals surface area (Å²) in [6.07, 6.45) is 0.931. The standard InChI is InChI=1S/C5H12O.HNO2/c1-5(2)3-4-6;2-1-3/h5-6H,3-4H2,1-2H3;(H,2,3)/p-1. The van der Waals surface area contributed by atoms with Crippen LogP contribution in [0, 0.1) is 16.0 Å². The van der Waals surface area contributed by atoms with Crippen LogP contribution in [0.1, 0.15) is 20.3 Å². The highest BCUT2D eigenvalue weighted by atomic mass is 16.6. The van der Waals surface area contributed by atoms with Crippen molar-refractivity contribution in [1.29, 1.82) is 0 Å². The summed E-state index contributed by atoms with van der Waals surface area (Å²) in [5.41, 5.74) is 0. The van der Waals surface area contributed by atoms with Crippen LogP contribution in [0.3, 0.4) is 0 Å². The Kier molecular flexibility index (Phi) is 12.9. The van der Waals surface area contributed by atoms with E-state index in [4.69, 9.17) is 15.2 Å². The Hall–Kier alpha value is -0.640. The minimum Gasteiger partial charge on any atom is -0.444 e. The van der Waals surface area contributed by atoms with E-state index in [1.54, 1.807) is 0 Å². The lowest BCUT2D eigenvalue weighted by Crippen LogP contribution is -1.89. The van der Waals surface area contributed by atoms with Crippen LogP contribution in [0.4, 0.5) is 0 Å². The number of aliphatic hydroxyl groups excluding tert-OH is 1. The lowest BCUT2D eigenvalue weighted by molar-refractivity contribution is 0.268. The Morgan fingerprint density at radius 1 is 1.67 bits per heavy atom. The number of rotatable bonds is 2. The predicted molar refractivity (Wildman–Crippen MR) is 35.7 cm³/mol. The topological polar surface area (TPSA) is 72.7 Å². The highest BCUT2D eigenvalue weighted by Gasteiger charge is 1.86. The minimum atomic E-state index is 0.331. The second-order valence-electron chi connectivity index (χ2n) is 1.98. The lowest BCUT2D eigenvalue weighted by atomic mass is 10.2. The molecule has 0 aromatic carbocycles. The van der Waals surface area contributed by atoms with Crippen LogP contribution in [-0.4, -0.2) is 11.7 Å². The van der Waals surface area contributed by atoms with Gasteiger partial charge in [0.15, 0.2) is 0 Å². The van der Waals surface area contributed by atoms with E-state index in [1.165, 1.54) is 0 Å². The highest BCUT2D eigenvalue weighted by Crippen LogP contribution is 1.94. The van der Waals surface area contributed by atoms with Crippen LogP contribution in [-0.2, 0) is 0 Å². The van der Waals surface area contributed by atoms with Gasteiger partial charge in [0.25, 0.3) is 0 Å². The summed E-state index contributed by atoms with van der Waals surface area (Å²) in [6.45, 7) is 4.52. The highest BCUT2D eigenvalue weighted by molar-refractivity contribution is 4.38. The van der Waals surface area contributed by atoms with Crippen molar-refractivity contribution in [3.05, 3.63) is 10.1 Å². The molecule has 4 nitrogen and oxygen atoms in total. The first-order valence-corrected chi connectivity index (χ1v) is 2.74. The van der Waals surface area contributed by atoms with Gasteiger partial charge in [0.2, 0.25) is 0 Å². The largest absolute Gasteiger partial charge is 0.444 e. The zero-order chi connectivity index (χ0) is 7.70. The molecule has 1 N–H and O–H groups in total. The van der Waals surface area contributed by atoms with Gasteiger partial charge in [0.05, 0.1) is 0 Å². The summed E-state index contributed by atoms with van der Waals surface area (Å²) in [5.74, 6) is 0.648. The first-order chi connectivity index (χ1) is 4.18. The molecular weight excluding hydrogens is 122 g/mol. The summed E-state index contributed by atoms with van der Waals surface area (Å²) >= 11 is 0. The maximum absolute atomic E-state index is 8.24. The van der Waals surface area contributed by atoms with Crippen molar-refractivity contribution >= 4 is 0 Å².